The molecule has 2 rings (SSSR count). The van der Waals surface area contributed by atoms with E-state index in [4.69, 9.17) is 0 Å². The number of carbonyl (C=O) groups is 1. The summed E-state index contributed by atoms with van der Waals surface area (Å²) < 4.78 is 2.17. The number of rotatable bonds is 7. The lowest BCUT2D eigenvalue weighted by molar-refractivity contribution is -0.132. The Morgan fingerprint density at radius 3 is 2.88 bits per heavy atom. The third kappa shape index (κ3) is 7.21. The molecule has 1 fully saturated rings. The van der Waals surface area contributed by atoms with Gasteiger partial charge in [-0.25, -0.2) is 4.98 Å². The van der Waals surface area contributed by atoms with Gasteiger partial charge in [-0.2, -0.15) is 0 Å². The van der Waals surface area contributed by atoms with Gasteiger partial charge in [-0.05, 0) is 33.1 Å². The molecule has 142 valence electrons. The van der Waals surface area contributed by atoms with Crippen LogP contribution in [0.5, 0.6) is 0 Å². The molecule has 0 radical (unpaired) electrons. The molecule has 1 unspecified atom stereocenters. The summed E-state index contributed by atoms with van der Waals surface area (Å²) in [4.78, 5) is 22.2. The van der Waals surface area contributed by atoms with E-state index in [0.717, 1.165) is 57.2 Å². The van der Waals surface area contributed by atoms with Crippen LogP contribution in [0.1, 0.15) is 38.4 Å². The number of unbranched alkanes of at least 4 members (excludes halogenated alkanes) is 1. The molecule has 1 aromatic heterocycles. The van der Waals surface area contributed by atoms with Crippen LogP contribution in [-0.2, 0) is 11.3 Å². The van der Waals surface area contributed by atoms with Crippen molar-refractivity contribution < 1.29 is 4.79 Å². The number of hydrogen-bond donors (Lipinski definition) is 2. The van der Waals surface area contributed by atoms with Crippen LogP contribution < -0.4 is 10.6 Å². The largest absolute Gasteiger partial charge is 0.357 e. The molecule has 7 nitrogen and oxygen atoms in total. The van der Waals surface area contributed by atoms with E-state index < -0.39 is 0 Å². The summed E-state index contributed by atoms with van der Waals surface area (Å²) in [6.45, 7) is 7.45. The number of nitrogens with one attached hydrogen (secondary N) is 2. The van der Waals surface area contributed by atoms with Gasteiger partial charge >= 0.3 is 0 Å². The summed E-state index contributed by atoms with van der Waals surface area (Å²) >= 11 is 0. The molecule has 0 aromatic carbocycles. The quantitative estimate of drug-likeness (QED) is 0.280. The van der Waals surface area contributed by atoms with Crippen LogP contribution in [0.15, 0.2) is 17.4 Å². The number of aromatic nitrogens is 2. The van der Waals surface area contributed by atoms with Crippen LogP contribution in [0, 0.1) is 6.92 Å². The minimum absolute atomic E-state index is 0. The Morgan fingerprint density at radius 2 is 2.24 bits per heavy atom. The summed E-state index contributed by atoms with van der Waals surface area (Å²) in [5, 5.41) is 6.74. The van der Waals surface area contributed by atoms with Crippen molar-refractivity contribution in [2.24, 2.45) is 4.99 Å². The summed E-state index contributed by atoms with van der Waals surface area (Å²) in [6.07, 6.45) is 7.46. The Bertz CT molecular complexity index is 559. The zero-order valence-corrected chi connectivity index (χ0v) is 17.8. The lowest BCUT2D eigenvalue weighted by atomic mass is 10.1. The van der Waals surface area contributed by atoms with Crippen molar-refractivity contribution in [1.82, 2.24) is 25.1 Å². The first-order chi connectivity index (χ1) is 11.6. The van der Waals surface area contributed by atoms with Gasteiger partial charge in [0.2, 0.25) is 5.91 Å². The molecule has 2 heterocycles. The molecule has 2 N–H and O–H groups in total. The summed E-state index contributed by atoms with van der Waals surface area (Å²) in [5.74, 6) is 2.14. The number of likely N-dealkylation sites (tertiary alicyclic amines) is 1. The number of likely N-dealkylation sites (N-methyl/N-ethyl adjacent to an activating group) is 1. The second kappa shape index (κ2) is 11.3. The summed E-state index contributed by atoms with van der Waals surface area (Å²) in [6, 6.07) is 0.277. The normalized spacial score (nSPS) is 18.0. The summed E-state index contributed by atoms with van der Waals surface area (Å²) in [5.41, 5.74) is 0. The highest BCUT2D eigenvalue weighted by atomic mass is 127. The second-order valence-corrected chi connectivity index (χ2v) is 6.29. The third-order valence-electron chi connectivity index (χ3n) is 4.31. The highest BCUT2D eigenvalue weighted by Gasteiger charge is 2.23. The monoisotopic (exact) mass is 462 g/mol. The van der Waals surface area contributed by atoms with Crippen LogP contribution >= 0.6 is 24.0 Å². The van der Waals surface area contributed by atoms with Gasteiger partial charge in [-0.15, -0.1) is 24.0 Å². The minimum Gasteiger partial charge on any atom is -0.357 e. The Morgan fingerprint density at radius 1 is 1.44 bits per heavy atom. The van der Waals surface area contributed by atoms with Gasteiger partial charge in [0, 0.05) is 58.1 Å². The predicted octanol–water partition coefficient (Wildman–Crippen LogP) is 1.77. The molecule has 1 aliphatic heterocycles. The Balaban J connectivity index is 0.00000312. The van der Waals surface area contributed by atoms with Gasteiger partial charge in [-0.3, -0.25) is 9.79 Å². The number of nitrogens with zero attached hydrogens (tertiary/aromatic N) is 4. The van der Waals surface area contributed by atoms with E-state index in [1.54, 1.807) is 4.90 Å². The number of guanidine groups is 1. The van der Waals surface area contributed by atoms with Crippen molar-refractivity contribution in [1.29, 1.82) is 0 Å². The van der Waals surface area contributed by atoms with E-state index in [0.29, 0.717) is 6.42 Å². The van der Waals surface area contributed by atoms with E-state index in [-0.39, 0.29) is 35.9 Å². The SMILES string of the molecule is CCNC(=NCCCCn1ccnc1C)NC1CCC(=O)N(C)C1.I. The maximum atomic E-state index is 11.6. The standard InChI is InChI=1S/C17H30N6O.HI/c1-4-18-17(21-15-7-8-16(24)22(3)13-15)20-9-5-6-11-23-12-10-19-14(23)2;/h10,12,15H,4-9,11,13H2,1-3H3,(H2,18,20,21);1H. The first kappa shape index (κ1) is 21.7. The minimum atomic E-state index is 0. The molecule has 0 saturated carbocycles. The number of aliphatic imine (C=N–C) groups is 1. The smallest absolute Gasteiger partial charge is 0.222 e. The molecule has 1 amide bonds. The molecular weight excluding hydrogens is 431 g/mol. The summed E-state index contributed by atoms with van der Waals surface area (Å²) in [7, 11) is 1.86. The van der Waals surface area contributed by atoms with Crippen molar-refractivity contribution in [2.75, 3.05) is 26.7 Å². The number of hydrogen-bond acceptors (Lipinski definition) is 3. The molecule has 25 heavy (non-hydrogen) atoms. The van der Waals surface area contributed by atoms with E-state index in [9.17, 15) is 4.79 Å². The molecule has 1 aliphatic rings. The van der Waals surface area contributed by atoms with Crippen LogP contribution in [0.3, 0.4) is 0 Å². The Kier molecular flexibility index (Phi) is 9.84. The van der Waals surface area contributed by atoms with Gasteiger partial charge in [0.25, 0.3) is 0 Å². The van der Waals surface area contributed by atoms with Crippen molar-refractivity contribution in [3.8, 4) is 0 Å². The third-order valence-corrected chi connectivity index (χ3v) is 4.31. The first-order valence-corrected chi connectivity index (χ1v) is 8.86. The molecular formula is C17H31IN6O. The molecule has 0 bridgehead atoms. The fourth-order valence-corrected chi connectivity index (χ4v) is 2.87. The fourth-order valence-electron chi connectivity index (χ4n) is 2.87. The molecule has 0 aliphatic carbocycles. The van der Waals surface area contributed by atoms with Gasteiger partial charge in [0.1, 0.15) is 5.82 Å². The van der Waals surface area contributed by atoms with Crippen LogP contribution in [0.2, 0.25) is 0 Å². The average Bonchev–Trinajstić information content (AvgIpc) is 2.96. The van der Waals surface area contributed by atoms with Gasteiger partial charge in [0.15, 0.2) is 5.96 Å². The zero-order valence-electron chi connectivity index (χ0n) is 15.5. The highest BCUT2D eigenvalue weighted by molar-refractivity contribution is 14.0. The molecule has 1 aromatic rings. The van der Waals surface area contributed by atoms with Crippen molar-refractivity contribution in [3.05, 3.63) is 18.2 Å². The van der Waals surface area contributed by atoms with Gasteiger partial charge in [0.05, 0.1) is 0 Å². The van der Waals surface area contributed by atoms with Gasteiger partial charge < -0.3 is 20.1 Å². The zero-order chi connectivity index (χ0) is 17.4. The maximum Gasteiger partial charge on any atom is 0.222 e. The number of carbonyl (C=O) groups excluding carboxylic acids is 1. The lowest BCUT2D eigenvalue weighted by Crippen LogP contribution is -2.51. The van der Waals surface area contributed by atoms with Crippen LogP contribution in [-0.4, -0.2) is 59.0 Å². The number of aryl methyl sites for hydroxylation is 2. The van der Waals surface area contributed by atoms with Crippen LogP contribution in [0.4, 0.5) is 0 Å². The molecule has 0 spiro atoms. The average molecular weight is 462 g/mol. The number of amides is 1. The molecule has 8 heteroatoms. The second-order valence-electron chi connectivity index (χ2n) is 6.29. The van der Waals surface area contributed by atoms with E-state index in [2.05, 4.69) is 32.1 Å². The highest BCUT2D eigenvalue weighted by Crippen LogP contribution is 2.09. The number of piperidine rings is 1. The molecule has 1 atom stereocenters. The topological polar surface area (TPSA) is 74.5 Å². The number of imidazole rings is 1. The van der Waals surface area contributed by atoms with E-state index >= 15 is 0 Å². The van der Waals surface area contributed by atoms with Crippen molar-refractivity contribution in [3.63, 3.8) is 0 Å². The maximum absolute atomic E-state index is 11.6. The number of halogens is 1. The van der Waals surface area contributed by atoms with Crippen LogP contribution in [0.25, 0.3) is 0 Å². The van der Waals surface area contributed by atoms with Crippen molar-refractivity contribution >= 4 is 35.8 Å². The van der Waals surface area contributed by atoms with Crippen molar-refractivity contribution in [2.45, 2.75) is 52.1 Å². The predicted molar refractivity (Wildman–Crippen MR) is 111 cm³/mol. The van der Waals surface area contributed by atoms with Gasteiger partial charge in [-0.1, -0.05) is 0 Å². The van der Waals surface area contributed by atoms with E-state index in [1.165, 1.54) is 0 Å². The fraction of sp³-hybridized carbons (Fsp3) is 0.706. The Labute approximate surface area is 167 Å². The van der Waals surface area contributed by atoms with E-state index in [1.807, 2.05) is 26.4 Å². The Hall–Kier alpha value is -1.32. The first-order valence-electron chi connectivity index (χ1n) is 8.86. The lowest BCUT2D eigenvalue weighted by Gasteiger charge is -2.31. The molecule has 1 saturated heterocycles.